The minimum Gasteiger partial charge on any atom is -0.489 e. The van der Waals surface area contributed by atoms with E-state index in [4.69, 9.17) is 27.9 Å². The number of imidazole rings is 1. The van der Waals surface area contributed by atoms with E-state index in [0.717, 1.165) is 22.2 Å². The maximum Gasteiger partial charge on any atom is 0.274 e. The van der Waals surface area contributed by atoms with E-state index in [1.54, 1.807) is 16.5 Å². The average Bonchev–Trinajstić information content (AvgIpc) is 3.25. The summed E-state index contributed by atoms with van der Waals surface area (Å²) in [5, 5.41) is 1.17. The highest BCUT2D eigenvalue weighted by molar-refractivity contribution is 7.15. The Morgan fingerprint density at radius 3 is 2.63 bits per heavy atom. The van der Waals surface area contributed by atoms with Gasteiger partial charge in [0.1, 0.15) is 12.4 Å². The number of aromatic nitrogens is 2. The average molecular weight is 453 g/mol. The topological polar surface area (TPSA) is 43.6 Å². The fraction of sp³-hybridized carbons (Fsp3) is 0.0435. The number of ether oxygens (including phenoxy) is 1. The van der Waals surface area contributed by atoms with Crippen LogP contribution in [0.15, 0.2) is 71.5 Å². The Morgan fingerprint density at radius 1 is 1.03 bits per heavy atom. The maximum absolute atomic E-state index is 12.8. The molecular weight excluding hydrogens is 439 g/mol. The van der Waals surface area contributed by atoms with Gasteiger partial charge in [0.05, 0.1) is 15.6 Å². The molecule has 30 heavy (non-hydrogen) atoms. The summed E-state index contributed by atoms with van der Waals surface area (Å²) in [6.07, 6.45) is 1.87. The number of rotatable bonds is 4. The number of nitrogens with zero attached hydrogens (tertiary/aromatic N) is 2. The van der Waals surface area contributed by atoms with Crippen molar-refractivity contribution in [2.75, 3.05) is 0 Å². The van der Waals surface area contributed by atoms with Crippen LogP contribution in [0.4, 0.5) is 0 Å². The molecule has 0 unspecified atom stereocenters. The first-order valence-corrected chi connectivity index (χ1v) is 10.7. The Bertz CT molecular complexity index is 1490. The quantitative estimate of drug-likeness (QED) is 0.369. The second-order valence-electron chi connectivity index (χ2n) is 6.73. The Balaban J connectivity index is 1.40. The van der Waals surface area contributed by atoms with Gasteiger partial charge in [0.25, 0.3) is 5.56 Å². The highest BCUT2D eigenvalue weighted by atomic mass is 35.5. The van der Waals surface area contributed by atoms with Crippen LogP contribution in [0, 0.1) is 0 Å². The van der Waals surface area contributed by atoms with Crippen LogP contribution in [0.25, 0.3) is 22.1 Å². The first-order chi connectivity index (χ1) is 14.6. The second kappa shape index (κ2) is 7.76. The molecule has 4 nitrogen and oxygen atoms in total. The van der Waals surface area contributed by atoms with Crippen molar-refractivity contribution in [1.29, 1.82) is 0 Å². The molecule has 148 valence electrons. The normalized spacial score (nSPS) is 12.1. The van der Waals surface area contributed by atoms with Crippen molar-refractivity contribution < 1.29 is 4.74 Å². The van der Waals surface area contributed by atoms with Crippen LogP contribution in [-0.2, 0) is 6.61 Å². The summed E-state index contributed by atoms with van der Waals surface area (Å²) >= 11 is 13.5. The first kappa shape index (κ1) is 19.1. The van der Waals surface area contributed by atoms with Gasteiger partial charge in [-0.3, -0.25) is 4.79 Å². The predicted molar refractivity (Wildman–Crippen MR) is 123 cm³/mol. The lowest BCUT2D eigenvalue weighted by atomic mass is 10.2. The molecule has 0 aliphatic heterocycles. The van der Waals surface area contributed by atoms with Gasteiger partial charge in [-0.25, -0.2) is 9.38 Å². The summed E-state index contributed by atoms with van der Waals surface area (Å²) < 4.78 is 8.12. The van der Waals surface area contributed by atoms with Gasteiger partial charge in [-0.2, -0.15) is 0 Å². The number of thiazole rings is 1. The molecule has 0 amide bonds. The number of halogens is 2. The number of benzene rings is 3. The molecule has 5 aromatic rings. The van der Waals surface area contributed by atoms with Crippen LogP contribution >= 0.6 is 34.5 Å². The van der Waals surface area contributed by atoms with Crippen molar-refractivity contribution in [2.24, 2.45) is 0 Å². The van der Waals surface area contributed by atoms with E-state index in [2.05, 4.69) is 4.98 Å². The molecule has 0 bridgehead atoms. The van der Waals surface area contributed by atoms with Gasteiger partial charge < -0.3 is 4.74 Å². The third-order valence-electron chi connectivity index (χ3n) is 4.73. The first-order valence-electron chi connectivity index (χ1n) is 9.17. The largest absolute Gasteiger partial charge is 0.489 e. The molecule has 5 rings (SSSR count). The number of fused-ring (bicyclic) bond motifs is 3. The van der Waals surface area contributed by atoms with Gasteiger partial charge in [-0.1, -0.05) is 64.9 Å². The lowest BCUT2D eigenvalue weighted by Gasteiger charge is -2.08. The van der Waals surface area contributed by atoms with Gasteiger partial charge in [-0.05, 0) is 48.0 Å². The predicted octanol–water partition coefficient (Wildman–Crippen LogP) is 5.34. The molecule has 0 saturated heterocycles. The fourth-order valence-electron chi connectivity index (χ4n) is 3.22. The number of para-hydroxylation sites is 2. The minimum atomic E-state index is -0.0543. The highest BCUT2D eigenvalue weighted by Crippen LogP contribution is 2.23. The molecule has 0 spiro atoms. The van der Waals surface area contributed by atoms with Gasteiger partial charge in [0.15, 0.2) is 4.96 Å². The molecule has 0 aliphatic rings. The van der Waals surface area contributed by atoms with Crippen molar-refractivity contribution in [3.05, 3.63) is 103 Å². The molecule has 0 fully saturated rings. The Morgan fingerprint density at radius 2 is 1.83 bits per heavy atom. The highest BCUT2D eigenvalue weighted by Gasteiger charge is 2.10. The summed E-state index contributed by atoms with van der Waals surface area (Å²) in [5.74, 6) is 0.715. The summed E-state index contributed by atoms with van der Waals surface area (Å²) in [6.45, 7) is 0.346. The molecule has 0 radical (unpaired) electrons. The van der Waals surface area contributed by atoms with Crippen LogP contribution in [0.3, 0.4) is 0 Å². The Labute approximate surface area is 185 Å². The molecular formula is C23H14Cl2N2O2S. The lowest BCUT2D eigenvalue weighted by Crippen LogP contribution is -2.22. The lowest BCUT2D eigenvalue weighted by molar-refractivity contribution is 0.306. The van der Waals surface area contributed by atoms with Gasteiger partial charge in [-0.15, -0.1) is 0 Å². The zero-order valence-corrected chi connectivity index (χ0v) is 17.8. The third kappa shape index (κ3) is 3.56. The zero-order chi connectivity index (χ0) is 20.7. The summed E-state index contributed by atoms with van der Waals surface area (Å²) in [4.78, 5) is 18.1. The molecule has 3 aromatic carbocycles. The zero-order valence-electron chi connectivity index (χ0n) is 15.5. The fourth-order valence-corrected chi connectivity index (χ4v) is 4.67. The van der Waals surface area contributed by atoms with Crippen LogP contribution < -0.4 is 14.8 Å². The van der Waals surface area contributed by atoms with E-state index >= 15 is 0 Å². The molecule has 7 heteroatoms. The van der Waals surface area contributed by atoms with Crippen LogP contribution in [0.2, 0.25) is 10.0 Å². The minimum absolute atomic E-state index is 0.0543. The third-order valence-corrected chi connectivity index (χ3v) is 6.29. The van der Waals surface area contributed by atoms with E-state index in [-0.39, 0.29) is 5.56 Å². The van der Waals surface area contributed by atoms with Crippen molar-refractivity contribution in [3.63, 3.8) is 0 Å². The smallest absolute Gasteiger partial charge is 0.274 e. The monoisotopic (exact) mass is 452 g/mol. The summed E-state index contributed by atoms with van der Waals surface area (Å²) in [6, 6.07) is 20.5. The Hall–Kier alpha value is -2.86. The van der Waals surface area contributed by atoms with E-state index in [1.807, 2.05) is 60.7 Å². The van der Waals surface area contributed by atoms with E-state index in [1.165, 1.54) is 11.3 Å². The SMILES string of the molecule is O=c1c(=Cc2ccc(OCc3ccc(Cl)cc3Cl)cc2)sc2nc3ccccc3n12. The molecule has 0 atom stereocenters. The van der Waals surface area contributed by atoms with Crippen LogP contribution in [0.5, 0.6) is 5.75 Å². The molecule has 2 aromatic heterocycles. The van der Waals surface area contributed by atoms with Gasteiger partial charge in [0.2, 0.25) is 0 Å². The van der Waals surface area contributed by atoms with Gasteiger partial charge in [0, 0.05) is 15.6 Å². The Kier molecular flexibility index (Phi) is 4.95. The van der Waals surface area contributed by atoms with Crippen molar-refractivity contribution >= 4 is 56.6 Å². The van der Waals surface area contributed by atoms with Crippen molar-refractivity contribution in [3.8, 4) is 5.75 Å². The van der Waals surface area contributed by atoms with E-state index < -0.39 is 0 Å². The van der Waals surface area contributed by atoms with Crippen LogP contribution in [-0.4, -0.2) is 9.38 Å². The number of hydrogen-bond acceptors (Lipinski definition) is 4. The molecule has 0 N–H and O–H groups in total. The standard InChI is InChI=1S/C23H14Cl2N2O2S/c24-16-8-7-15(18(25)12-16)13-29-17-9-5-14(6-10-17)11-21-22(28)27-20-4-2-1-3-19(20)26-23(27)30-21/h1-12H,13H2. The number of hydrogen-bond donors (Lipinski definition) is 0. The van der Waals surface area contributed by atoms with E-state index in [0.29, 0.717) is 31.9 Å². The summed E-state index contributed by atoms with van der Waals surface area (Å²) in [5.41, 5.74) is 3.38. The van der Waals surface area contributed by atoms with Crippen LogP contribution in [0.1, 0.15) is 11.1 Å². The van der Waals surface area contributed by atoms with E-state index in [9.17, 15) is 4.79 Å². The summed E-state index contributed by atoms with van der Waals surface area (Å²) in [7, 11) is 0. The molecule has 0 aliphatic carbocycles. The van der Waals surface area contributed by atoms with Gasteiger partial charge >= 0.3 is 0 Å². The molecule has 0 saturated carbocycles. The second-order valence-corrected chi connectivity index (χ2v) is 8.58. The van der Waals surface area contributed by atoms with Crippen molar-refractivity contribution in [2.45, 2.75) is 6.61 Å². The maximum atomic E-state index is 12.8. The molecule has 2 heterocycles. The van der Waals surface area contributed by atoms with Crippen molar-refractivity contribution in [1.82, 2.24) is 9.38 Å².